The molecule has 3 aromatic rings. The van der Waals surface area contributed by atoms with E-state index in [1.165, 1.54) is 11.3 Å². The normalized spacial score (nSPS) is 16.1. The SMILES string of the molecule is Cc1cc(/C=C/c2ccc(OCCCC(=O)NC(CS(=O)(=O)O)C(=O)NCCN(C)CCCCCC(=O)ON3C(=O)CCC3=O)cc2)n2c1C=C1C(CCCS(=O)(=O)O)=CC(c3cccs3)=[N+]1[B-]2(F)F. The molecule has 0 saturated carbocycles. The summed E-state index contributed by atoms with van der Waals surface area (Å²) in [6, 6.07) is 10.4. The van der Waals surface area contributed by atoms with Crippen LogP contribution in [0.5, 0.6) is 5.75 Å². The van der Waals surface area contributed by atoms with E-state index in [1.807, 2.05) is 4.90 Å². The van der Waals surface area contributed by atoms with Crippen LogP contribution >= 0.6 is 11.3 Å². The fraction of sp³-hybridized carbons (Fsp3) is 0.422. The smallest absolute Gasteiger partial charge is 0.494 e. The quantitative estimate of drug-likeness (QED) is 0.0375. The zero-order valence-corrected chi connectivity index (χ0v) is 41.0. The Kier molecular flexibility index (Phi) is 17.9. The number of hydrogen-bond donors (Lipinski definition) is 4. The molecule has 4 N–H and O–H groups in total. The maximum atomic E-state index is 16.8. The van der Waals surface area contributed by atoms with E-state index in [9.17, 15) is 49.9 Å². The molecule has 25 heteroatoms. The molecule has 0 aliphatic carbocycles. The van der Waals surface area contributed by atoms with Gasteiger partial charge in [-0.05, 0) is 99.5 Å². The lowest BCUT2D eigenvalue weighted by molar-refractivity contribution is -0.361. The zero-order chi connectivity index (χ0) is 50.8. The van der Waals surface area contributed by atoms with E-state index < -0.39 is 74.4 Å². The Labute approximate surface area is 408 Å². The Bertz CT molecular complexity index is 2800. The number of fused-ring (bicyclic) bond motifs is 2. The topological polar surface area (TPSA) is 251 Å². The van der Waals surface area contributed by atoms with E-state index in [4.69, 9.17) is 9.57 Å². The van der Waals surface area contributed by atoms with Crippen molar-refractivity contribution >= 4 is 92.1 Å². The summed E-state index contributed by atoms with van der Waals surface area (Å²) in [4.78, 5) is 68.1. The number of hydrogen-bond acceptors (Lipinski definition) is 13. The van der Waals surface area contributed by atoms with Gasteiger partial charge in [-0.3, -0.25) is 28.3 Å². The number of allylic oxidation sites excluding steroid dienone is 2. The highest BCUT2D eigenvalue weighted by atomic mass is 32.2. The Balaban J connectivity index is 0.945. The van der Waals surface area contributed by atoms with Crippen molar-refractivity contribution in [1.82, 2.24) is 25.1 Å². The van der Waals surface area contributed by atoms with Crippen molar-refractivity contribution in [3.05, 3.63) is 92.6 Å². The predicted octanol–water partition coefficient (Wildman–Crippen LogP) is 4.46. The second-order valence-corrected chi connectivity index (χ2v) is 21.1. The van der Waals surface area contributed by atoms with Crippen molar-refractivity contribution in [2.24, 2.45) is 0 Å². The van der Waals surface area contributed by atoms with Crippen LogP contribution in [0.1, 0.15) is 91.6 Å². The fourth-order valence-corrected chi connectivity index (χ4v) is 10.0. The van der Waals surface area contributed by atoms with E-state index in [0.717, 1.165) is 8.96 Å². The number of thiophene rings is 1. The number of imide groups is 1. The van der Waals surface area contributed by atoms with E-state index in [1.54, 1.807) is 86.1 Å². The van der Waals surface area contributed by atoms with Crippen LogP contribution < -0.4 is 15.4 Å². The van der Waals surface area contributed by atoms with Gasteiger partial charge < -0.3 is 42.7 Å². The molecule has 0 radical (unpaired) electrons. The van der Waals surface area contributed by atoms with Crippen molar-refractivity contribution in [2.45, 2.75) is 77.2 Å². The molecule has 1 unspecified atom stereocenters. The molecule has 1 atom stereocenters. The number of ether oxygens (including phenoxy) is 1. The summed E-state index contributed by atoms with van der Waals surface area (Å²) in [5.74, 6) is -4.29. The summed E-state index contributed by atoms with van der Waals surface area (Å²) < 4.78 is 106. The summed E-state index contributed by atoms with van der Waals surface area (Å²) in [5, 5.41) is 7.23. The number of hydroxylamine groups is 2. The third kappa shape index (κ3) is 14.6. The molecule has 2 aromatic heterocycles. The molecule has 6 rings (SSSR count). The zero-order valence-electron chi connectivity index (χ0n) is 38.6. The Morgan fingerprint density at radius 1 is 0.943 bits per heavy atom. The van der Waals surface area contributed by atoms with Gasteiger partial charge in [-0.1, -0.05) is 30.7 Å². The molecule has 1 aromatic carbocycles. The van der Waals surface area contributed by atoms with Crippen molar-refractivity contribution in [1.29, 1.82) is 0 Å². The Morgan fingerprint density at radius 2 is 1.67 bits per heavy atom. The third-order valence-electron chi connectivity index (χ3n) is 11.6. The number of nitrogens with zero attached hydrogens (tertiary/aromatic N) is 4. The maximum Gasteiger partial charge on any atom is 0.737 e. The number of amides is 4. The number of likely N-dealkylation sites (N-methyl/N-ethyl adjacent to an activating group) is 1. The molecule has 0 bridgehead atoms. The second-order valence-electron chi connectivity index (χ2n) is 17.1. The van der Waals surface area contributed by atoms with Crippen molar-refractivity contribution in [3.8, 4) is 5.75 Å². The van der Waals surface area contributed by atoms with E-state index in [-0.39, 0.29) is 69.5 Å². The summed E-state index contributed by atoms with van der Waals surface area (Å²) in [6.45, 7) is -1.54. The van der Waals surface area contributed by atoms with Gasteiger partial charge in [0.15, 0.2) is 11.4 Å². The Morgan fingerprint density at radius 3 is 2.34 bits per heavy atom. The highest BCUT2D eigenvalue weighted by molar-refractivity contribution is 7.86. The monoisotopic (exact) mass is 1030 g/mol. The van der Waals surface area contributed by atoms with E-state index in [2.05, 4.69) is 10.6 Å². The van der Waals surface area contributed by atoms with Crippen LogP contribution in [0.3, 0.4) is 0 Å². The van der Waals surface area contributed by atoms with Crippen LogP contribution in [0.4, 0.5) is 8.63 Å². The minimum Gasteiger partial charge on any atom is -0.494 e. The number of unbranched alkanes of at least 4 members (excludes halogenated alkanes) is 2. The summed E-state index contributed by atoms with van der Waals surface area (Å²) >= 11 is 1.31. The standard InChI is InChI=1S/C45H55BF2N6O13S3/c1-31-27-34(52-37(31)29-38-33(9-8-26-69(60,61)62)28-39(40-10-7-25-68-40)53(38)46(52,47)48)16-13-32-14-17-35(18-15-32)66-24-6-11-41(55)50-36(30-70(63,64)65)45(59)49-21-23-51(2)22-5-3-4-12-44(58)67-54-42(56)19-20-43(54)57/h7,10,13-18,25,27-29,36H,3-6,8-9,11-12,19-24,26,30H2,1-2H3,(H,49,59)(H,50,55)(H,60,61,62)(H,63,64,65)/b16-13+. The number of carbonyl (C=O) groups is 5. The first-order valence-electron chi connectivity index (χ1n) is 22.6. The summed E-state index contributed by atoms with van der Waals surface area (Å²) in [5.41, 5.74) is 3.01. The molecule has 19 nitrogen and oxygen atoms in total. The molecular formula is C45H55BF2N6O13S3. The van der Waals surface area contributed by atoms with E-state index >= 15 is 8.63 Å². The number of rotatable bonds is 26. The van der Waals surface area contributed by atoms with Gasteiger partial charge in [-0.15, -0.1) is 16.4 Å². The van der Waals surface area contributed by atoms with Crippen molar-refractivity contribution in [3.63, 3.8) is 0 Å². The molecule has 1 saturated heterocycles. The van der Waals surface area contributed by atoms with Crippen LogP contribution in [-0.4, -0.2) is 138 Å². The van der Waals surface area contributed by atoms with Gasteiger partial charge in [0.25, 0.3) is 32.1 Å². The molecular weight excluding hydrogens is 978 g/mol. The summed E-state index contributed by atoms with van der Waals surface area (Å²) in [7, 11) is -7.08. The van der Waals surface area contributed by atoms with Crippen LogP contribution in [0.2, 0.25) is 0 Å². The highest BCUT2D eigenvalue weighted by Gasteiger charge is 2.54. The van der Waals surface area contributed by atoms with Gasteiger partial charge in [0.1, 0.15) is 17.5 Å². The minimum atomic E-state index is -4.65. The van der Waals surface area contributed by atoms with Crippen LogP contribution in [0.15, 0.2) is 65.2 Å². The first-order valence-corrected chi connectivity index (χ1v) is 26.7. The molecule has 1 fully saturated rings. The third-order valence-corrected chi connectivity index (χ3v) is 14.0. The van der Waals surface area contributed by atoms with Gasteiger partial charge in [0.05, 0.1) is 17.2 Å². The number of halogens is 2. The number of carbonyl (C=O) groups excluding carboxylic acids is 5. The molecule has 4 amide bonds. The van der Waals surface area contributed by atoms with Crippen LogP contribution in [-0.2, 0) is 49.0 Å². The molecule has 3 aliphatic heterocycles. The lowest BCUT2D eigenvalue weighted by Gasteiger charge is -2.31. The minimum absolute atomic E-state index is 0.0134. The first kappa shape index (κ1) is 53.5. The van der Waals surface area contributed by atoms with Crippen molar-refractivity contribution < 1.29 is 72.6 Å². The van der Waals surface area contributed by atoms with Crippen LogP contribution in [0.25, 0.3) is 18.2 Å². The van der Waals surface area contributed by atoms with Gasteiger partial charge in [-0.25, -0.2) is 4.79 Å². The summed E-state index contributed by atoms with van der Waals surface area (Å²) in [6.07, 6.45) is 8.75. The average molecular weight is 1030 g/mol. The lowest BCUT2D eigenvalue weighted by Crippen LogP contribution is -2.51. The number of benzene rings is 1. The van der Waals surface area contributed by atoms with Crippen molar-refractivity contribution in [2.75, 3.05) is 44.8 Å². The van der Waals surface area contributed by atoms with Gasteiger partial charge in [0, 0.05) is 67.9 Å². The number of aromatic nitrogens is 1. The first-order chi connectivity index (χ1) is 33.1. The Hall–Kier alpha value is -5.86. The molecule has 378 valence electrons. The number of aryl methyl sites for hydroxylation is 1. The fourth-order valence-electron chi connectivity index (χ4n) is 8.12. The van der Waals surface area contributed by atoms with E-state index in [0.29, 0.717) is 76.1 Å². The van der Waals surface area contributed by atoms with Gasteiger partial charge >= 0.3 is 12.9 Å². The van der Waals surface area contributed by atoms with Gasteiger partial charge in [-0.2, -0.15) is 16.8 Å². The molecule has 3 aliphatic rings. The number of nitrogens with one attached hydrogen (secondary N) is 2. The van der Waals surface area contributed by atoms with Crippen LogP contribution in [0, 0.1) is 6.92 Å². The molecule has 5 heterocycles. The highest BCUT2D eigenvalue weighted by Crippen LogP contribution is 2.40. The average Bonchev–Trinajstić information content (AvgIpc) is 4.08. The predicted molar refractivity (Wildman–Crippen MR) is 258 cm³/mol. The second kappa shape index (κ2) is 23.4. The lowest BCUT2D eigenvalue weighted by atomic mass is 9.88. The van der Waals surface area contributed by atoms with Gasteiger partial charge in [0.2, 0.25) is 11.8 Å². The maximum absolute atomic E-state index is 16.8. The molecule has 70 heavy (non-hydrogen) atoms. The largest absolute Gasteiger partial charge is 0.737 e. The molecule has 0 spiro atoms.